The van der Waals surface area contributed by atoms with Gasteiger partial charge in [-0.1, -0.05) is 25.1 Å². The maximum Gasteiger partial charge on any atom is 0.216 e. The van der Waals surface area contributed by atoms with Crippen molar-refractivity contribution >= 4 is 5.71 Å². The van der Waals surface area contributed by atoms with Gasteiger partial charge in [-0.2, -0.15) is 0 Å². The topological polar surface area (TPSA) is 43.4 Å². The lowest BCUT2D eigenvalue weighted by molar-refractivity contribution is -0.0298. The number of oxime groups is 1. The molecular formula is C17H21F2NO3. The molecule has 1 aliphatic carbocycles. The summed E-state index contributed by atoms with van der Waals surface area (Å²) in [5.41, 5.74) is 0.102. The Kier molecular flexibility index (Phi) is 4.14. The SMILES string of the molecule is COCO/N=C(\C(C)C)C1(C2(c3ccc(F)cc3F)CO2)CC1. The highest BCUT2D eigenvalue weighted by molar-refractivity contribution is 5.95. The summed E-state index contributed by atoms with van der Waals surface area (Å²) in [5.74, 6) is -1.04. The first-order valence-corrected chi connectivity index (χ1v) is 7.75. The van der Waals surface area contributed by atoms with Gasteiger partial charge >= 0.3 is 0 Å². The van der Waals surface area contributed by atoms with E-state index in [0.717, 1.165) is 24.6 Å². The molecule has 1 aromatic rings. The summed E-state index contributed by atoms with van der Waals surface area (Å²) >= 11 is 0. The summed E-state index contributed by atoms with van der Waals surface area (Å²) in [6.45, 7) is 4.51. The first-order valence-electron chi connectivity index (χ1n) is 7.75. The van der Waals surface area contributed by atoms with Gasteiger partial charge in [-0.15, -0.1) is 0 Å². The van der Waals surface area contributed by atoms with Crippen LogP contribution in [0.5, 0.6) is 0 Å². The van der Waals surface area contributed by atoms with Gasteiger partial charge in [0.1, 0.15) is 17.2 Å². The second-order valence-corrected chi connectivity index (χ2v) is 6.49. The third-order valence-electron chi connectivity index (χ3n) is 4.69. The Morgan fingerprint density at radius 1 is 1.35 bits per heavy atom. The van der Waals surface area contributed by atoms with Crippen molar-refractivity contribution in [3.05, 3.63) is 35.4 Å². The molecule has 0 spiro atoms. The smallest absolute Gasteiger partial charge is 0.216 e. The van der Waals surface area contributed by atoms with Gasteiger partial charge in [0.15, 0.2) is 0 Å². The highest BCUT2D eigenvalue weighted by Crippen LogP contribution is 2.68. The fourth-order valence-corrected chi connectivity index (χ4v) is 3.46. The Bertz CT molecular complexity index is 622. The lowest BCUT2D eigenvalue weighted by Gasteiger charge is -2.27. The molecule has 2 aliphatic rings. The van der Waals surface area contributed by atoms with E-state index >= 15 is 0 Å². The van der Waals surface area contributed by atoms with E-state index in [-0.39, 0.29) is 18.1 Å². The predicted octanol–water partition coefficient (Wildman–Crippen LogP) is 3.60. The fourth-order valence-electron chi connectivity index (χ4n) is 3.46. The molecule has 1 atom stereocenters. The number of rotatable bonds is 7. The standard InChI is InChI=1S/C17H21F2NO3/c1-11(2)15(20-23-10-21-3)16(6-7-16)17(9-22-17)13-5-4-12(18)8-14(13)19/h4-5,8,11H,6-7,9-10H2,1-3H3/b20-15+. The van der Waals surface area contributed by atoms with E-state index in [1.165, 1.54) is 19.2 Å². The first-order chi connectivity index (χ1) is 11.0. The maximum absolute atomic E-state index is 14.3. The minimum Gasteiger partial charge on any atom is -0.367 e. The van der Waals surface area contributed by atoms with Crippen molar-refractivity contribution in [1.82, 2.24) is 0 Å². The third kappa shape index (κ3) is 2.64. The molecule has 1 aliphatic heterocycles. The molecule has 1 saturated carbocycles. The van der Waals surface area contributed by atoms with Crippen molar-refractivity contribution in [2.75, 3.05) is 20.5 Å². The molecule has 6 heteroatoms. The Labute approximate surface area is 134 Å². The van der Waals surface area contributed by atoms with Gasteiger partial charge < -0.3 is 14.3 Å². The Hall–Kier alpha value is -1.53. The third-order valence-corrected chi connectivity index (χ3v) is 4.69. The number of halogens is 2. The van der Waals surface area contributed by atoms with Gasteiger partial charge in [0.25, 0.3) is 0 Å². The highest BCUT2D eigenvalue weighted by Gasteiger charge is 2.72. The second kappa shape index (κ2) is 5.83. The monoisotopic (exact) mass is 325 g/mol. The first kappa shape index (κ1) is 16.3. The average Bonchev–Trinajstić information content (AvgIpc) is 3.36. The second-order valence-electron chi connectivity index (χ2n) is 6.49. The number of hydrogen-bond acceptors (Lipinski definition) is 4. The number of benzene rings is 1. The molecule has 1 saturated heterocycles. The maximum atomic E-state index is 14.3. The molecule has 0 radical (unpaired) electrons. The molecule has 1 aromatic carbocycles. The molecule has 0 aromatic heterocycles. The van der Waals surface area contributed by atoms with Gasteiger partial charge in [-0.25, -0.2) is 8.78 Å². The van der Waals surface area contributed by atoms with Gasteiger partial charge in [-0.05, 0) is 24.8 Å². The van der Waals surface area contributed by atoms with Gasteiger partial charge in [0, 0.05) is 24.2 Å². The number of hydrogen-bond donors (Lipinski definition) is 0. The van der Waals surface area contributed by atoms with Crippen molar-refractivity contribution in [3.8, 4) is 0 Å². The summed E-state index contributed by atoms with van der Waals surface area (Å²) in [6.07, 6.45) is 1.69. The zero-order chi connectivity index (χ0) is 16.7. The molecular weight excluding hydrogens is 304 g/mol. The number of nitrogens with zero attached hydrogens (tertiary/aromatic N) is 1. The van der Waals surface area contributed by atoms with Crippen LogP contribution in [0.15, 0.2) is 23.4 Å². The van der Waals surface area contributed by atoms with Crippen molar-refractivity contribution in [3.63, 3.8) is 0 Å². The predicted molar refractivity (Wildman–Crippen MR) is 80.9 cm³/mol. The van der Waals surface area contributed by atoms with Crippen molar-refractivity contribution in [1.29, 1.82) is 0 Å². The molecule has 2 fully saturated rings. The molecule has 0 N–H and O–H groups in total. The molecule has 0 amide bonds. The van der Waals surface area contributed by atoms with Crippen LogP contribution in [0.2, 0.25) is 0 Å². The number of ether oxygens (including phenoxy) is 2. The summed E-state index contributed by atoms with van der Waals surface area (Å²) in [4.78, 5) is 5.20. The van der Waals surface area contributed by atoms with Crippen LogP contribution in [0, 0.1) is 23.0 Å². The minimum atomic E-state index is -0.760. The van der Waals surface area contributed by atoms with Crippen molar-refractivity contribution in [2.45, 2.75) is 32.3 Å². The van der Waals surface area contributed by atoms with Crippen LogP contribution >= 0.6 is 0 Å². The van der Waals surface area contributed by atoms with Gasteiger partial charge in [0.2, 0.25) is 6.79 Å². The van der Waals surface area contributed by atoms with E-state index in [2.05, 4.69) is 5.16 Å². The molecule has 23 heavy (non-hydrogen) atoms. The quantitative estimate of drug-likeness (QED) is 0.253. The summed E-state index contributed by atoms with van der Waals surface area (Å²) < 4.78 is 38.1. The van der Waals surface area contributed by atoms with E-state index in [9.17, 15) is 8.78 Å². The Morgan fingerprint density at radius 3 is 2.52 bits per heavy atom. The number of methoxy groups -OCH3 is 1. The molecule has 1 heterocycles. The van der Waals surface area contributed by atoms with Crippen molar-refractivity contribution in [2.24, 2.45) is 16.5 Å². The number of epoxide rings is 1. The molecule has 3 rings (SSSR count). The van der Waals surface area contributed by atoms with E-state index in [1.807, 2.05) is 13.8 Å². The lowest BCUT2D eigenvalue weighted by Crippen LogP contribution is -2.35. The van der Waals surface area contributed by atoms with Crippen LogP contribution in [0.4, 0.5) is 8.78 Å². The van der Waals surface area contributed by atoms with Crippen LogP contribution < -0.4 is 0 Å². The zero-order valence-electron chi connectivity index (χ0n) is 13.6. The Balaban J connectivity index is 1.96. The normalized spacial score (nSPS) is 25.6. The van der Waals surface area contributed by atoms with Crippen LogP contribution in [-0.2, 0) is 19.9 Å². The summed E-state index contributed by atoms with van der Waals surface area (Å²) in [5, 5.41) is 4.24. The van der Waals surface area contributed by atoms with E-state index in [4.69, 9.17) is 14.3 Å². The molecule has 126 valence electrons. The van der Waals surface area contributed by atoms with E-state index < -0.39 is 17.2 Å². The molecule has 1 unspecified atom stereocenters. The summed E-state index contributed by atoms with van der Waals surface area (Å²) in [7, 11) is 1.52. The van der Waals surface area contributed by atoms with Crippen LogP contribution in [0.3, 0.4) is 0 Å². The minimum absolute atomic E-state index is 0.0606. The highest BCUT2D eigenvalue weighted by atomic mass is 19.1. The Morgan fingerprint density at radius 2 is 2.04 bits per heavy atom. The largest absolute Gasteiger partial charge is 0.367 e. The zero-order valence-corrected chi connectivity index (χ0v) is 13.6. The lowest BCUT2D eigenvalue weighted by atomic mass is 9.76. The molecule has 4 nitrogen and oxygen atoms in total. The van der Waals surface area contributed by atoms with E-state index in [1.54, 1.807) is 0 Å². The fraction of sp³-hybridized carbons (Fsp3) is 0.588. The average molecular weight is 325 g/mol. The van der Waals surface area contributed by atoms with Crippen LogP contribution in [-0.4, -0.2) is 26.2 Å². The van der Waals surface area contributed by atoms with Crippen molar-refractivity contribution < 1.29 is 23.1 Å². The van der Waals surface area contributed by atoms with Crippen LogP contribution in [0.1, 0.15) is 32.3 Å². The summed E-state index contributed by atoms with van der Waals surface area (Å²) in [6, 6.07) is 3.65. The van der Waals surface area contributed by atoms with Crippen LogP contribution in [0.25, 0.3) is 0 Å². The van der Waals surface area contributed by atoms with Gasteiger partial charge in [-0.3, -0.25) is 0 Å². The van der Waals surface area contributed by atoms with Gasteiger partial charge in [0.05, 0.1) is 12.3 Å². The molecule has 0 bridgehead atoms. The van der Waals surface area contributed by atoms with E-state index in [0.29, 0.717) is 12.2 Å².